The van der Waals surface area contributed by atoms with Crippen molar-refractivity contribution >= 4 is 23.3 Å². The van der Waals surface area contributed by atoms with Crippen LogP contribution in [0.5, 0.6) is 0 Å². The number of hydrazine groups is 1. The highest BCUT2D eigenvalue weighted by Crippen LogP contribution is 2.19. The highest BCUT2D eigenvalue weighted by atomic mass is 16.2. The van der Waals surface area contributed by atoms with Crippen LogP contribution in [0.15, 0.2) is 60.7 Å². The standard InChI is InChI=1S/C20H24N4O2/c1-23(18-12-6-3-7-13-18)22-19(25)16-9-8-14-24(15-16)20(26)21-17-10-4-2-5-11-17/h2-7,10-13,16H,8-9,14-15H2,1H3,(H,21,26)(H,22,25)/t16-/m0/s1. The number of carbonyl (C=O) groups is 2. The van der Waals surface area contributed by atoms with Gasteiger partial charge in [-0.3, -0.25) is 15.2 Å². The van der Waals surface area contributed by atoms with Crippen molar-refractivity contribution in [2.24, 2.45) is 5.92 Å². The van der Waals surface area contributed by atoms with Crippen molar-refractivity contribution in [2.45, 2.75) is 12.8 Å². The fourth-order valence-electron chi connectivity index (χ4n) is 3.07. The van der Waals surface area contributed by atoms with E-state index in [1.165, 1.54) is 0 Å². The topological polar surface area (TPSA) is 64.7 Å². The van der Waals surface area contributed by atoms with Gasteiger partial charge in [0, 0.05) is 25.8 Å². The molecule has 2 aromatic carbocycles. The van der Waals surface area contributed by atoms with Gasteiger partial charge in [0.05, 0.1) is 11.6 Å². The van der Waals surface area contributed by atoms with E-state index in [9.17, 15) is 9.59 Å². The van der Waals surface area contributed by atoms with Gasteiger partial charge in [-0.25, -0.2) is 4.79 Å². The summed E-state index contributed by atoms with van der Waals surface area (Å²) in [6, 6.07) is 18.8. The Morgan fingerprint density at radius 2 is 1.69 bits per heavy atom. The Morgan fingerprint density at radius 1 is 1.04 bits per heavy atom. The normalized spacial score (nSPS) is 16.7. The number of likely N-dealkylation sites (tertiary alicyclic amines) is 1. The maximum Gasteiger partial charge on any atom is 0.321 e. The predicted octanol–water partition coefficient (Wildman–Crippen LogP) is 3.10. The molecule has 2 aromatic rings. The second-order valence-electron chi connectivity index (χ2n) is 6.45. The average Bonchev–Trinajstić information content (AvgIpc) is 2.69. The second kappa shape index (κ2) is 8.38. The summed E-state index contributed by atoms with van der Waals surface area (Å²) in [5.41, 5.74) is 4.58. The Labute approximate surface area is 153 Å². The number of amides is 3. The van der Waals surface area contributed by atoms with E-state index in [4.69, 9.17) is 0 Å². The van der Waals surface area contributed by atoms with Gasteiger partial charge in [0.15, 0.2) is 0 Å². The molecule has 0 aromatic heterocycles. The lowest BCUT2D eigenvalue weighted by Gasteiger charge is -2.33. The number of para-hydroxylation sites is 2. The molecule has 1 aliphatic heterocycles. The third kappa shape index (κ3) is 4.53. The van der Waals surface area contributed by atoms with Crippen LogP contribution in [-0.2, 0) is 4.79 Å². The summed E-state index contributed by atoms with van der Waals surface area (Å²) in [6.07, 6.45) is 1.60. The Kier molecular flexibility index (Phi) is 5.73. The molecule has 1 heterocycles. The molecule has 0 saturated carbocycles. The number of benzene rings is 2. The molecule has 136 valence electrons. The van der Waals surface area contributed by atoms with Gasteiger partial charge in [0.25, 0.3) is 0 Å². The van der Waals surface area contributed by atoms with E-state index < -0.39 is 0 Å². The summed E-state index contributed by atoms with van der Waals surface area (Å²) in [7, 11) is 1.82. The molecular formula is C20H24N4O2. The fraction of sp³-hybridized carbons (Fsp3) is 0.300. The van der Waals surface area contributed by atoms with Gasteiger partial charge >= 0.3 is 6.03 Å². The van der Waals surface area contributed by atoms with Gasteiger partial charge in [-0.15, -0.1) is 0 Å². The van der Waals surface area contributed by atoms with Gasteiger partial charge in [0.2, 0.25) is 5.91 Å². The first-order valence-electron chi connectivity index (χ1n) is 8.84. The molecule has 0 unspecified atom stereocenters. The first-order valence-corrected chi connectivity index (χ1v) is 8.84. The molecule has 3 amide bonds. The molecule has 1 atom stereocenters. The van der Waals surface area contributed by atoms with Crippen LogP contribution in [-0.4, -0.2) is 37.0 Å². The first-order chi connectivity index (χ1) is 12.6. The van der Waals surface area contributed by atoms with Crippen LogP contribution in [0, 0.1) is 5.92 Å². The highest BCUT2D eigenvalue weighted by Gasteiger charge is 2.29. The number of hydrogen-bond donors (Lipinski definition) is 2. The minimum Gasteiger partial charge on any atom is -0.324 e. The predicted molar refractivity (Wildman–Crippen MR) is 103 cm³/mol. The van der Waals surface area contributed by atoms with Crippen molar-refractivity contribution < 1.29 is 9.59 Å². The van der Waals surface area contributed by atoms with E-state index in [1.807, 2.05) is 67.7 Å². The fourth-order valence-corrected chi connectivity index (χ4v) is 3.07. The third-order valence-electron chi connectivity index (χ3n) is 4.53. The molecule has 6 nitrogen and oxygen atoms in total. The molecule has 2 N–H and O–H groups in total. The largest absolute Gasteiger partial charge is 0.324 e. The van der Waals surface area contributed by atoms with E-state index >= 15 is 0 Å². The van der Waals surface area contributed by atoms with Crippen LogP contribution < -0.4 is 15.8 Å². The van der Waals surface area contributed by atoms with Crippen LogP contribution >= 0.6 is 0 Å². The maximum atomic E-state index is 12.6. The zero-order valence-electron chi connectivity index (χ0n) is 14.9. The lowest BCUT2D eigenvalue weighted by Crippen LogP contribution is -2.50. The SMILES string of the molecule is CN(NC(=O)[C@H]1CCCN(C(=O)Nc2ccccc2)C1)c1ccccc1. The Balaban J connectivity index is 1.55. The molecule has 0 spiro atoms. The summed E-state index contributed by atoms with van der Waals surface area (Å²) in [5, 5.41) is 4.60. The summed E-state index contributed by atoms with van der Waals surface area (Å²) < 4.78 is 0. The van der Waals surface area contributed by atoms with Gasteiger partial charge in [-0.1, -0.05) is 36.4 Å². The van der Waals surface area contributed by atoms with Crippen LogP contribution in [0.2, 0.25) is 0 Å². The van der Waals surface area contributed by atoms with Crippen molar-refractivity contribution in [3.63, 3.8) is 0 Å². The minimum atomic E-state index is -0.212. The van der Waals surface area contributed by atoms with E-state index in [0.29, 0.717) is 13.1 Å². The van der Waals surface area contributed by atoms with Crippen molar-refractivity contribution in [1.29, 1.82) is 0 Å². The smallest absolute Gasteiger partial charge is 0.321 e. The zero-order valence-corrected chi connectivity index (χ0v) is 14.9. The van der Waals surface area contributed by atoms with Gasteiger partial charge in [0.1, 0.15) is 0 Å². The number of carbonyl (C=O) groups excluding carboxylic acids is 2. The summed E-state index contributed by atoms with van der Waals surface area (Å²) in [5.74, 6) is -0.273. The highest BCUT2D eigenvalue weighted by molar-refractivity contribution is 5.90. The van der Waals surface area contributed by atoms with Crippen molar-refractivity contribution in [3.8, 4) is 0 Å². The Hall–Kier alpha value is -3.02. The monoisotopic (exact) mass is 352 g/mol. The zero-order chi connectivity index (χ0) is 18.4. The summed E-state index contributed by atoms with van der Waals surface area (Å²) in [6.45, 7) is 1.09. The molecule has 0 aliphatic carbocycles. The van der Waals surface area contributed by atoms with Crippen LogP contribution in [0.1, 0.15) is 12.8 Å². The van der Waals surface area contributed by atoms with E-state index in [2.05, 4.69) is 10.7 Å². The molecule has 1 saturated heterocycles. The van der Waals surface area contributed by atoms with Gasteiger partial charge in [-0.2, -0.15) is 0 Å². The Morgan fingerprint density at radius 3 is 2.38 bits per heavy atom. The number of urea groups is 1. The first kappa shape index (κ1) is 17.8. The molecule has 0 bridgehead atoms. The van der Waals surface area contributed by atoms with Crippen molar-refractivity contribution in [1.82, 2.24) is 10.3 Å². The van der Waals surface area contributed by atoms with Gasteiger partial charge in [-0.05, 0) is 37.1 Å². The van der Waals surface area contributed by atoms with Crippen molar-refractivity contribution in [3.05, 3.63) is 60.7 Å². The maximum absolute atomic E-state index is 12.6. The number of piperidine rings is 1. The number of rotatable bonds is 4. The molecule has 6 heteroatoms. The van der Waals surface area contributed by atoms with Crippen molar-refractivity contribution in [2.75, 3.05) is 30.5 Å². The number of nitrogens with one attached hydrogen (secondary N) is 2. The van der Waals surface area contributed by atoms with E-state index in [0.717, 1.165) is 24.2 Å². The molecule has 1 fully saturated rings. The van der Waals surface area contributed by atoms with Gasteiger partial charge < -0.3 is 10.2 Å². The number of hydrogen-bond acceptors (Lipinski definition) is 3. The van der Waals surface area contributed by atoms with Crippen LogP contribution in [0.4, 0.5) is 16.2 Å². The van der Waals surface area contributed by atoms with Crippen LogP contribution in [0.3, 0.4) is 0 Å². The molecular weight excluding hydrogens is 328 g/mol. The van der Waals surface area contributed by atoms with E-state index in [1.54, 1.807) is 9.91 Å². The Bertz CT molecular complexity index is 736. The molecule has 1 aliphatic rings. The minimum absolute atomic E-state index is 0.0615. The molecule has 3 rings (SSSR count). The third-order valence-corrected chi connectivity index (χ3v) is 4.53. The second-order valence-corrected chi connectivity index (χ2v) is 6.45. The average molecular weight is 352 g/mol. The summed E-state index contributed by atoms with van der Waals surface area (Å²) in [4.78, 5) is 26.8. The summed E-state index contributed by atoms with van der Waals surface area (Å²) >= 11 is 0. The lowest BCUT2D eigenvalue weighted by atomic mass is 9.97. The quantitative estimate of drug-likeness (QED) is 0.831. The number of nitrogens with zero attached hydrogens (tertiary/aromatic N) is 2. The molecule has 26 heavy (non-hydrogen) atoms. The molecule has 0 radical (unpaired) electrons. The lowest BCUT2D eigenvalue weighted by molar-refractivity contribution is -0.126. The van der Waals surface area contributed by atoms with E-state index in [-0.39, 0.29) is 17.9 Å². The van der Waals surface area contributed by atoms with Crippen LogP contribution in [0.25, 0.3) is 0 Å². The number of anilines is 2.